The Hall–Kier alpha value is -1.59. The molecule has 1 aromatic carbocycles. The van der Waals surface area contributed by atoms with E-state index in [1.807, 2.05) is 31.2 Å². The normalized spacial score (nSPS) is 17.1. The monoisotopic (exact) mass is 335 g/mol. The summed E-state index contributed by atoms with van der Waals surface area (Å²) in [6.45, 7) is 3.74. The maximum atomic E-state index is 12.7. The lowest BCUT2D eigenvalue weighted by Crippen LogP contribution is -2.44. The first-order valence-electron chi connectivity index (χ1n) is 8.87. The second-order valence-corrected chi connectivity index (χ2v) is 6.14. The molecule has 1 aromatic rings. The number of rotatable bonds is 8. The van der Waals surface area contributed by atoms with E-state index in [9.17, 15) is 4.79 Å². The molecule has 2 rings (SSSR count). The SMILES string of the molecule is CCOCCOc1ccc(NC(=O)C2(OC)CCCCCC2)cc1. The zero-order valence-electron chi connectivity index (χ0n) is 14.8. The molecular weight excluding hydrogens is 306 g/mol. The summed E-state index contributed by atoms with van der Waals surface area (Å²) in [4.78, 5) is 12.7. The number of ether oxygens (including phenoxy) is 3. The van der Waals surface area contributed by atoms with Crippen molar-refractivity contribution in [2.45, 2.75) is 51.0 Å². The van der Waals surface area contributed by atoms with Crippen molar-refractivity contribution in [1.29, 1.82) is 0 Å². The van der Waals surface area contributed by atoms with E-state index in [2.05, 4.69) is 5.32 Å². The predicted molar refractivity (Wildman–Crippen MR) is 94.5 cm³/mol. The molecule has 1 amide bonds. The number of carbonyl (C=O) groups excluding carboxylic acids is 1. The van der Waals surface area contributed by atoms with E-state index < -0.39 is 5.60 Å². The van der Waals surface area contributed by atoms with Gasteiger partial charge < -0.3 is 19.5 Å². The van der Waals surface area contributed by atoms with Gasteiger partial charge in [0.25, 0.3) is 5.91 Å². The summed E-state index contributed by atoms with van der Waals surface area (Å²) >= 11 is 0. The van der Waals surface area contributed by atoms with Crippen LogP contribution in [0.1, 0.15) is 45.4 Å². The van der Waals surface area contributed by atoms with Crippen molar-refractivity contribution < 1.29 is 19.0 Å². The first-order valence-corrected chi connectivity index (χ1v) is 8.87. The molecule has 24 heavy (non-hydrogen) atoms. The zero-order valence-corrected chi connectivity index (χ0v) is 14.8. The Balaban J connectivity index is 1.90. The third kappa shape index (κ3) is 5.21. The highest BCUT2D eigenvalue weighted by atomic mass is 16.5. The second-order valence-electron chi connectivity index (χ2n) is 6.14. The van der Waals surface area contributed by atoms with Crippen molar-refractivity contribution in [2.75, 3.05) is 32.2 Å². The number of hydrogen-bond donors (Lipinski definition) is 1. The van der Waals surface area contributed by atoms with Crippen LogP contribution in [0.4, 0.5) is 5.69 Å². The van der Waals surface area contributed by atoms with E-state index in [0.717, 1.165) is 37.1 Å². The first kappa shape index (κ1) is 18.7. The van der Waals surface area contributed by atoms with Crippen molar-refractivity contribution >= 4 is 11.6 Å². The fourth-order valence-electron chi connectivity index (χ4n) is 3.07. The molecule has 134 valence electrons. The second kappa shape index (κ2) is 9.64. The van der Waals surface area contributed by atoms with Crippen molar-refractivity contribution in [3.05, 3.63) is 24.3 Å². The third-order valence-corrected chi connectivity index (χ3v) is 4.53. The van der Waals surface area contributed by atoms with Crippen LogP contribution in [0.5, 0.6) is 5.75 Å². The van der Waals surface area contributed by atoms with E-state index in [1.54, 1.807) is 7.11 Å². The number of methoxy groups -OCH3 is 1. The van der Waals surface area contributed by atoms with Crippen LogP contribution in [-0.2, 0) is 14.3 Å². The molecule has 5 nitrogen and oxygen atoms in total. The first-order chi connectivity index (χ1) is 11.7. The van der Waals surface area contributed by atoms with Gasteiger partial charge in [-0.15, -0.1) is 0 Å². The standard InChI is InChI=1S/C19H29NO4/c1-3-23-14-15-24-17-10-8-16(9-11-17)20-18(21)19(22-2)12-6-4-5-7-13-19/h8-11H,3-7,12-15H2,1-2H3,(H,20,21). The van der Waals surface area contributed by atoms with E-state index in [1.165, 1.54) is 12.8 Å². The number of hydrogen-bond acceptors (Lipinski definition) is 4. The Morgan fingerprint density at radius 2 is 1.75 bits per heavy atom. The van der Waals surface area contributed by atoms with E-state index in [0.29, 0.717) is 19.8 Å². The fourth-order valence-corrected chi connectivity index (χ4v) is 3.07. The molecule has 0 aliphatic heterocycles. The molecule has 1 saturated carbocycles. The van der Waals surface area contributed by atoms with Crippen LogP contribution < -0.4 is 10.1 Å². The summed E-state index contributed by atoms with van der Waals surface area (Å²) in [6, 6.07) is 7.42. The summed E-state index contributed by atoms with van der Waals surface area (Å²) in [6.07, 6.45) is 5.99. The van der Waals surface area contributed by atoms with E-state index >= 15 is 0 Å². The highest BCUT2D eigenvalue weighted by molar-refractivity contribution is 5.97. The average molecular weight is 335 g/mol. The smallest absolute Gasteiger partial charge is 0.256 e. The Bertz CT molecular complexity index is 493. The van der Waals surface area contributed by atoms with Crippen molar-refractivity contribution in [1.82, 2.24) is 0 Å². The maximum absolute atomic E-state index is 12.7. The quantitative estimate of drug-likeness (QED) is 0.580. The summed E-state index contributed by atoms with van der Waals surface area (Å²) in [5.41, 5.74) is 0.0706. The highest BCUT2D eigenvalue weighted by Gasteiger charge is 2.38. The molecule has 1 aliphatic carbocycles. The van der Waals surface area contributed by atoms with Gasteiger partial charge in [-0.3, -0.25) is 4.79 Å². The number of nitrogens with one attached hydrogen (secondary N) is 1. The fraction of sp³-hybridized carbons (Fsp3) is 0.632. The molecule has 1 aliphatic rings. The molecule has 1 N–H and O–H groups in total. The minimum Gasteiger partial charge on any atom is -0.491 e. The lowest BCUT2D eigenvalue weighted by Gasteiger charge is -2.29. The lowest BCUT2D eigenvalue weighted by atomic mass is 9.93. The summed E-state index contributed by atoms with van der Waals surface area (Å²) in [5.74, 6) is 0.723. The lowest BCUT2D eigenvalue weighted by molar-refractivity contribution is -0.139. The van der Waals surface area contributed by atoms with Crippen LogP contribution in [0.15, 0.2) is 24.3 Å². The Labute approximate surface area is 144 Å². The Kier molecular flexibility index (Phi) is 7.53. The molecule has 0 bridgehead atoms. The Morgan fingerprint density at radius 3 is 2.33 bits per heavy atom. The molecule has 0 radical (unpaired) electrons. The van der Waals surface area contributed by atoms with Crippen molar-refractivity contribution in [3.63, 3.8) is 0 Å². The number of benzene rings is 1. The molecule has 5 heteroatoms. The molecule has 0 unspecified atom stereocenters. The van der Waals surface area contributed by atoms with Gasteiger partial charge in [0.15, 0.2) is 0 Å². The van der Waals surface area contributed by atoms with Gasteiger partial charge in [0.05, 0.1) is 6.61 Å². The van der Waals surface area contributed by atoms with Gasteiger partial charge in [0.2, 0.25) is 0 Å². The van der Waals surface area contributed by atoms with Gasteiger partial charge in [-0.05, 0) is 44.0 Å². The molecule has 1 fully saturated rings. The van der Waals surface area contributed by atoms with Crippen LogP contribution in [0.25, 0.3) is 0 Å². The van der Waals surface area contributed by atoms with Crippen molar-refractivity contribution in [2.24, 2.45) is 0 Å². The van der Waals surface area contributed by atoms with E-state index in [4.69, 9.17) is 14.2 Å². The van der Waals surface area contributed by atoms with Crippen LogP contribution >= 0.6 is 0 Å². The van der Waals surface area contributed by atoms with Crippen LogP contribution in [0, 0.1) is 0 Å². The number of amides is 1. The van der Waals surface area contributed by atoms with Gasteiger partial charge in [-0.25, -0.2) is 0 Å². The van der Waals surface area contributed by atoms with Gasteiger partial charge in [0, 0.05) is 19.4 Å². The largest absolute Gasteiger partial charge is 0.491 e. The van der Waals surface area contributed by atoms with Crippen LogP contribution in [0.2, 0.25) is 0 Å². The van der Waals surface area contributed by atoms with Gasteiger partial charge in [-0.1, -0.05) is 25.7 Å². The van der Waals surface area contributed by atoms with Gasteiger partial charge in [-0.2, -0.15) is 0 Å². The van der Waals surface area contributed by atoms with Crippen molar-refractivity contribution in [3.8, 4) is 5.75 Å². The molecule has 0 spiro atoms. The molecule has 0 aromatic heterocycles. The average Bonchev–Trinajstić information content (AvgIpc) is 2.87. The van der Waals surface area contributed by atoms with Gasteiger partial charge >= 0.3 is 0 Å². The van der Waals surface area contributed by atoms with Gasteiger partial charge in [0.1, 0.15) is 18.0 Å². The third-order valence-electron chi connectivity index (χ3n) is 4.53. The minimum absolute atomic E-state index is 0.0445. The number of carbonyl (C=O) groups is 1. The zero-order chi connectivity index (χ0) is 17.3. The summed E-state index contributed by atoms with van der Waals surface area (Å²) in [5, 5.41) is 2.99. The number of anilines is 1. The van der Waals surface area contributed by atoms with E-state index in [-0.39, 0.29) is 5.91 Å². The topological polar surface area (TPSA) is 56.8 Å². The molecular formula is C19H29NO4. The Morgan fingerprint density at radius 1 is 1.08 bits per heavy atom. The molecule has 0 heterocycles. The maximum Gasteiger partial charge on any atom is 0.256 e. The minimum atomic E-state index is -0.691. The molecule has 0 atom stereocenters. The predicted octanol–water partition coefficient (Wildman–Crippen LogP) is 3.78. The molecule has 0 saturated heterocycles. The summed E-state index contributed by atoms with van der Waals surface area (Å²) in [7, 11) is 1.64. The van der Waals surface area contributed by atoms with Crippen LogP contribution in [0.3, 0.4) is 0 Å². The van der Waals surface area contributed by atoms with Crippen LogP contribution in [-0.4, -0.2) is 38.4 Å². The highest BCUT2D eigenvalue weighted by Crippen LogP contribution is 2.31. The summed E-state index contributed by atoms with van der Waals surface area (Å²) < 4.78 is 16.5.